The van der Waals surface area contributed by atoms with Gasteiger partial charge in [0.2, 0.25) is 0 Å². The molecule has 0 fully saturated rings. The zero-order valence-corrected chi connectivity index (χ0v) is 12.4. The summed E-state index contributed by atoms with van der Waals surface area (Å²) in [7, 11) is 0. The van der Waals surface area contributed by atoms with Crippen LogP contribution in [0.1, 0.15) is 22.8 Å². The highest BCUT2D eigenvalue weighted by Gasteiger charge is 2.15. The fourth-order valence-corrected chi connectivity index (χ4v) is 1.85. The zero-order valence-electron chi connectivity index (χ0n) is 12.4. The van der Waals surface area contributed by atoms with Gasteiger partial charge in [-0.3, -0.25) is 14.9 Å². The molecular formula is C16H15N3O4. The van der Waals surface area contributed by atoms with E-state index in [1.165, 1.54) is 18.3 Å². The van der Waals surface area contributed by atoms with Gasteiger partial charge in [0.1, 0.15) is 0 Å². The molecule has 23 heavy (non-hydrogen) atoms. The van der Waals surface area contributed by atoms with E-state index in [0.717, 1.165) is 0 Å². The summed E-state index contributed by atoms with van der Waals surface area (Å²) in [6.07, 6.45) is 1.34. The molecule has 0 heterocycles. The third-order valence-corrected chi connectivity index (χ3v) is 2.90. The van der Waals surface area contributed by atoms with E-state index in [9.17, 15) is 14.9 Å². The number of hydrogen-bond donors (Lipinski definition) is 1. The van der Waals surface area contributed by atoms with E-state index >= 15 is 0 Å². The van der Waals surface area contributed by atoms with Crippen LogP contribution in [0.25, 0.3) is 0 Å². The highest BCUT2D eigenvalue weighted by molar-refractivity contribution is 5.94. The van der Waals surface area contributed by atoms with E-state index in [2.05, 4.69) is 10.5 Å². The topological polar surface area (TPSA) is 93.8 Å². The molecular weight excluding hydrogens is 298 g/mol. The first-order valence-corrected chi connectivity index (χ1v) is 6.91. The summed E-state index contributed by atoms with van der Waals surface area (Å²) in [5.41, 5.74) is 3.17. The van der Waals surface area contributed by atoms with Crippen molar-refractivity contribution in [3.05, 3.63) is 69.8 Å². The summed E-state index contributed by atoms with van der Waals surface area (Å²) in [5.74, 6) is -0.162. The predicted molar refractivity (Wildman–Crippen MR) is 85.8 cm³/mol. The number of nitrogens with zero attached hydrogens (tertiary/aromatic N) is 2. The lowest BCUT2D eigenvalue weighted by molar-refractivity contribution is -0.385. The molecule has 0 spiro atoms. The Hall–Kier alpha value is -3.22. The monoisotopic (exact) mass is 313 g/mol. The van der Waals surface area contributed by atoms with Crippen molar-refractivity contribution in [2.24, 2.45) is 5.10 Å². The maximum Gasteiger partial charge on any atom is 0.311 e. The van der Waals surface area contributed by atoms with Crippen LogP contribution in [0.15, 0.2) is 53.6 Å². The molecule has 2 aromatic rings. The van der Waals surface area contributed by atoms with Crippen molar-refractivity contribution in [1.29, 1.82) is 0 Å². The van der Waals surface area contributed by atoms with Crippen LogP contribution in [0.2, 0.25) is 0 Å². The molecule has 0 aliphatic heterocycles. The molecule has 0 unspecified atom stereocenters. The molecule has 0 radical (unpaired) electrons. The van der Waals surface area contributed by atoms with Crippen molar-refractivity contribution in [3.8, 4) is 5.75 Å². The van der Waals surface area contributed by atoms with E-state index in [1.54, 1.807) is 43.3 Å². The lowest BCUT2D eigenvalue weighted by Gasteiger charge is -2.04. The molecule has 1 N–H and O–H groups in total. The molecule has 0 aromatic heterocycles. The number of nitro benzene ring substituents is 1. The predicted octanol–water partition coefficient (Wildman–Crippen LogP) is 2.76. The number of amides is 1. The standard InChI is InChI=1S/C16H15N3O4/c1-2-23-15-9-8-12(10-14(15)19(21)22)11-17-18-16(20)13-6-4-3-5-7-13/h3-11H,2H2,1H3,(H,18,20)/b17-11+. The lowest BCUT2D eigenvalue weighted by Crippen LogP contribution is -2.17. The van der Waals surface area contributed by atoms with Gasteiger partial charge in [-0.15, -0.1) is 0 Å². The van der Waals surface area contributed by atoms with E-state index in [0.29, 0.717) is 17.7 Å². The average molecular weight is 313 g/mol. The lowest BCUT2D eigenvalue weighted by atomic mass is 10.2. The Bertz CT molecular complexity index is 729. The van der Waals surface area contributed by atoms with Crippen LogP contribution in [-0.4, -0.2) is 23.7 Å². The first kappa shape index (κ1) is 16.2. The molecule has 118 valence electrons. The van der Waals surface area contributed by atoms with Gasteiger partial charge in [-0.2, -0.15) is 5.10 Å². The molecule has 7 heteroatoms. The maximum atomic E-state index is 11.8. The molecule has 7 nitrogen and oxygen atoms in total. The van der Waals surface area contributed by atoms with E-state index in [4.69, 9.17) is 4.74 Å². The number of carbonyl (C=O) groups is 1. The Morgan fingerprint density at radius 1 is 1.30 bits per heavy atom. The van der Waals surface area contributed by atoms with Gasteiger partial charge in [0.25, 0.3) is 5.91 Å². The minimum atomic E-state index is -0.523. The Kier molecular flexibility index (Phi) is 5.40. The molecule has 0 saturated heterocycles. The highest BCUT2D eigenvalue weighted by Crippen LogP contribution is 2.27. The Morgan fingerprint density at radius 2 is 2.04 bits per heavy atom. The number of hydrogen-bond acceptors (Lipinski definition) is 5. The molecule has 0 bridgehead atoms. The van der Waals surface area contributed by atoms with Crippen LogP contribution < -0.4 is 10.2 Å². The molecule has 2 rings (SSSR count). The minimum absolute atomic E-state index is 0.148. The first-order valence-electron chi connectivity index (χ1n) is 6.91. The second-order valence-corrected chi connectivity index (χ2v) is 4.48. The highest BCUT2D eigenvalue weighted by atomic mass is 16.6. The van der Waals surface area contributed by atoms with Gasteiger partial charge >= 0.3 is 5.69 Å². The van der Waals surface area contributed by atoms with Gasteiger partial charge in [-0.25, -0.2) is 5.43 Å². The summed E-state index contributed by atoms with van der Waals surface area (Å²) in [4.78, 5) is 22.3. The Labute approximate surface area is 132 Å². The molecule has 1 amide bonds. The van der Waals surface area contributed by atoms with Gasteiger partial charge in [-0.1, -0.05) is 18.2 Å². The van der Waals surface area contributed by atoms with E-state index < -0.39 is 4.92 Å². The molecule has 0 atom stereocenters. The minimum Gasteiger partial charge on any atom is -0.487 e. The quantitative estimate of drug-likeness (QED) is 0.504. The maximum absolute atomic E-state index is 11.8. The van der Waals surface area contributed by atoms with Gasteiger partial charge in [0.15, 0.2) is 5.75 Å². The van der Waals surface area contributed by atoms with Crippen molar-refractivity contribution in [2.75, 3.05) is 6.61 Å². The van der Waals surface area contributed by atoms with E-state index in [-0.39, 0.29) is 17.3 Å². The Balaban J connectivity index is 2.09. The molecule has 2 aromatic carbocycles. The summed E-state index contributed by atoms with van der Waals surface area (Å²) in [5, 5.41) is 14.8. The van der Waals surface area contributed by atoms with Crippen molar-refractivity contribution in [1.82, 2.24) is 5.43 Å². The van der Waals surface area contributed by atoms with Gasteiger partial charge in [-0.05, 0) is 31.2 Å². The summed E-state index contributed by atoms with van der Waals surface area (Å²) < 4.78 is 5.20. The Morgan fingerprint density at radius 3 is 2.70 bits per heavy atom. The summed E-state index contributed by atoms with van der Waals surface area (Å²) in [6.45, 7) is 2.08. The van der Waals surface area contributed by atoms with Crippen molar-refractivity contribution in [2.45, 2.75) is 6.92 Å². The van der Waals surface area contributed by atoms with Crippen LogP contribution in [0, 0.1) is 10.1 Å². The number of rotatable bonds is 6. The van der Waals surface area contributed by atoms with Crippen molar-refractivity contribution < 1.29 is 14.5 Å². The molecule has 0 aliphatic rings. The van der Waals surface area contributed by atoms with Crippen molar-refractivity contribution >= 4 is 17.8 Å². The molecule has 0 saturated carbocycles. The second-order valence-electron chi connectivity index (χ2n) is 4.48. The van der Waals surface area contributed by atoms with Crippen LogP contribution in [0.4, 0.5) is 5.69 Å². The van der Waals surface area contributed by atoms with E-state index in [1.807, 2.05) is 0 Å². The van der Waals surface area contributed by atoms with Crippen molar-refractivity contribution in [3.63, 3.8) is 0 Å². The number of nitro groups is 1. The van der Waals surface area contributed by atoms with Crippen LogP contribution in [0.3, 0.4) is 0 Å². The SMILES string of the molecule is CCOc1ccc(/C=N/NC(=O)c2ccccc2)cc1[N+](=O)[O-]. The number of ether oxygens (including phenoxy) is 1. The average Bonchev–Trinajstić information content (AvgIpc) is 2.57. The fourth-order valence-electron chi connectivity index (χ4n) is 1.85. The third-order valence-electron chi connectivity index (χ3n) is 2.90. The van der Waals surface area contributed by atoms with Gasteiger partial charge in [0, 0.05) is 17.2 Å². The van der Waals surface area contributed by atoms with Crippen LogP contribution in [-0.2, 0) is 0 Å². The first-order chi connectivity index (χ1) is 11.1. The number of nitrogens with one attached hydrogen (secondary N) is 1. The number of carbonyl (C=O) groups excluding carboxylic acids is 1. The molecule has 0 aliphatic carbocycles. The van der Waals surface area contributed by atoms with Gasteiger partial charge < -0.3 is 4.74 Å². The second kappa shape index (κ2) is 7.69. The van der Waals surface area contributed by atoms with Crippen LogP contribution in [0.5, 0.6) is 5.75 Å². The van der Waals surface area contributed by atoms with Gasteiger partial charge in [0.05, 0.1) is 17.7 Å². The number of hydrazone groups is 1. The fraction of sp³-hybridized carbons (Fsp3) is 0.125. The largest absolute Gasteiger partial charge is 0.487 e. The third kappa shape index (κ3) is 4.37. The number of benzene rings is 2. The normalized spacial score (nSPS) is 10.5. The van der Waals surface area contributed by atoms with Crippen LogP contribution >= 0.6 is 0 Å². The smallest absolute Gasteiger partial charge is 0.311 e. The zero-order chi connectivity index (χ0) is 16.7. The summed E-state index contributed by atoms with van der Waals surface area (Å²) >= 11 is 0. The summed E-state index contributed by atoms with van der Waals surface area (Å²) in [6, 6.07) is 13.1.